The van der Waals surface area contributed by atoms with Crippen molar-refractivity contribution < 1.29 is 19.5 Å². The molecule has 3 saturated heterocycles. The van der Waals surface area contributed by atoms with Crippen molar-refractivity contribution in [3.8, 4) is 0 Å². The maximum Gasteiger partial charge on any atom is 0.247 e. The van der Waals surface area contributed by atoms with Crippen LogP contribution in [0.1, 0.15) is 66.4 Å². The van der Waals surface area contributed by atoms with Gasteiger partial charge in [-0.1, -0.05) is 56.3 Å². The number of rotatable bonds is 12. The molecule has 1 spiro atoms. The molecule has 1 aromatic rings. The van der Waals surface area contributed by atoms with E-state index in [0.29, 0.717) is 32.5 Å². The van der Waals surface area contributed by atoms with Crippen LogP contribution in [0.3, 0.4) is 0 Å². The highest BCUT2D eigenvalue weighted by Crippen LogP contribution is 2.72. The number of fused-ring (bicyclic) bond motifs is 1. The van der Waals surface area contributed by atoms with Gasteiger partial charge in [-0.3, -0.25) is 14.4 Å². The van der Waals surface area contributed by atoms with Crippen molar-refractivity contribution in [1.82, 2.24) is 14.7 Å². The van der Waals surface area contributed by atoms with Crippen molar-refractivity contribution >= 4 is 29.5 Å². The van der Waals surface area contributed by atoms with Gasteiger partial charge in [-0.25, -0.2) is 0 Å². The molecule has 3 aliphatic rings. The second-order valence-electron chi connectivity index (χ2n) is 13.8. The van der Waals surface area contributed by atoms with E-state index in [1.165, 1.54) is 0 Å². The summed E-state index contributed by atoms with van der Waals surface area (Å²) >= 11 is 1.68. The van der Waals surface area contributed by atoms with Crippen LogP contribution < -0.4 is 0 Å². The number of aliphatic hydroxyl groups is 1. The van der Waals surface area contributed by atoms with E-state index in [-0.39, 0.29) is 30.2 Å². The van der Waals surface area contributed by atoms with Crippen LogP contribution in [0.2, 0.25) is 0 Å². The first kappa shape index (κ1) is 32.3. The molecule has 0 saturated carbocycles. The zero-order valence-electron chi connectivity index (χ0n) is 26.2. The number of carbonyl (C=O) groups excluding carboxylic acids is 3. The molecule has 0 aromatic heterocycles. The first-order valence-corrected chi connectivity index (χ1v) is 16.1. The average molecular weight is 596 g/mol. The van der Waals surface area contributed by atoms with Crippen LogP contribution in [0.15, 0.2) is 55.6 Å². The van der Waals surface area contributed by atoms with Crippen LogP contribution in [-0.2, 0) is 20.9 Å². The van der Waals surface area contributed by atoms with Crippen molar-refractivity contribution in [3.63, 3.8) is 0 Å². The number of amides is 3. The summed E-state index contributed by atoms with van der Waals surface area (Å²) < 4.78 is -1.22. The van der Waals surface area contributed by atoms with Crippen LogP contribution in [0.5, 0.6) is 0 Å². The van der Waals surface area contributed by atoms with Gasteiger partial charge in [0, 0.05) is 29.9 Å². The Morgan fingerprint density at radius 1 is 1.12 bits per heavy atom. The third kappa shape index (κ3) is 5.57. The molecule has 3 fully saturated rings. The largest absolute Gasteiger partial charge is 0.394 e. The van der Waals surface area contributed by atoms with Crippen LogP contribution in [-0.4, -0.2) is 84.3 Å². The van der Waals surface area contributed by atoms with Gasteiger partial charge in [0.2, 0.25) is 17.7 Å². The Morgan fingerprint density at radius 3 is 2.31 bits per heavy atom. The molecule has 1 aromatic carbocycles. The smallest absolute Gasteiger partial charge is 0.247 e. The zero-order valence-corrected chi connectivity index (χ0v) is 27.0. The van der Waals surface area contributed by atoms with Crippen LogP contribution in [0.4, 0.5) is 0 Å². The van der Waals surface area contributed by atoms with Crippen molar-refractivity contribution in [2.75, 3.05) is 19.7 Å². The lowest BCUT2D eigenvalue weighted by atomic mass is 9.66. The summed E-state index contributed by atoms with van der Waals surface area (Å²) in [6.07, 6.45) is 5.44. The fourth-order valence-electron chi connectivity index (χ4n) is 7.59. The molecule has 1 N–H and O–H groups in total. The van der Waals surface area contributed by atoms with Crippen molar-refractivity contribution in [2.24, 2.45) is 17.8 Å². The lowest BCUT2D eigenvalue weighted by Gasteiger charge is -2.44. The van der Waals surface area contributed by atoms with Crippen LogP contribution in [0.25, 0.3) is 0 Å². The fourth-order valence-corrected chi connectivity index (χ4v) is 9.92. The van der Waals surface area contributed by atoms with Gasteiger partial charge in [-0.05, 0) is 58.4 Å². The van der Waals surface area contributed by atoms with E-state index in [1.54, 1.807) is 38.6 Å². The minimum absolute atomic E-state index is 0.0649. The molecule has 0 radical (unpaired) electrons. The highest BCUT2D eigenvalue weighted by atomic mass is 32.2. The van der Waals surface area contributed by atoms with Crippen molar-refractivity contribution in [3.05, 3.63) is 61.2 Å². The normalized spacial score (nSPS) is 29.0. The molecule has 4 rings (SSSR count). The van der Waals surface area contributed by atoms with E-state index in [4.69, 9.17) is 0 Å². The van der Waals surface area contributed by atoms with Gasteiger partial charge in [0.25, 0.3) is 0 Å². The second kappa shape index (κ2) is 12.2. The zero-order chi connectivity index (χ0) is 31.0. The molecule has 7 nitrogen and oxygen atoms in total. The lowest BCUT2D eigenvalue weighted by Crippen LogP contribution is -2.60. The summed E-state index contributed by atoms with van der Waals surface area (Å²) in [6, 6.07) is 8.59. The van der Waals surface area contributed by atoms with Gasteiger partial charge in [0.05, 0.1) is 29.2 Å². The Morgan fingerprint density at radius 2 is 1.76 bits per heavy atom. The number of hydrogen-bond donors (Lipinski definition) is 1. The molecule has 0 aliphatic carbocycles. The maximum atomic E-state index is 14.7. The molecular formula is C34H49N3O4S. The Balaban J connectivity index is 1.82. The summed E-state index contributed by atoms with van der Waals surface area (Å²) in [5, 5.41) is 10.6. The lowest BCUT2D eigenvalue weighted by molar-refractivity contribution is -0.149. The molecule has 3 aliphatic heterocycles. The molecule has 8 heteroatoms. The molecule has 2 unspecified atom stereocenters. The Labute approximate surface area is 256 Å². The predicted octanol–water partition coefficient (Wildman–Crippen LogP) is 4.90. The fraction of sp³-hybridized carbons (Fsp3) is 0.618. The molecule has 230 valence electrons. The van der Waals surface area contributed by atoms with Crippen LogP contribution in [0, 0.1) is 17.8 Å². The van der Waals surface area contributed by atoms with Crippen LogP contribution >= 0.6 is 11.8 Å². The topological polar surface area (TPSA) is 81.2 Å². The minimum Gasteiger partial charge on any atom is -0.394 e. The Hall–Kier alpha value is -2.58. The SMILES string of the molecule is C=CCN(Cc1ccccc1)C(=O)[C@@H]1[C@H]2C(=O)N([C@@H](CO)CC(C)C)C(C(=O)N(CC=C)C(C)(C)C)C23CC[C@@]1(C)S3. The van der Waals surface area contributed by atoms with E-state index in [9.17, 15) is 19.5 Å². The van der Waals surface area contributed by atoms with E-state index in [0.717, 1.165) is 12.0 Å². The molecule has 42 heavy (non-hydrogen) atoms. The molecule has 3 amide bonds. The maximum absolute atomic E-state index is 14.7. The monoisotopic (exact) mass is 595 g/mol. The highest BCUT2D eigenvalue weighted by Gasteiger charge is 2.78. The van der Waals surface area contributed by atoms with E-state index >= 15 is 0 Å². The molecule has 2 bridgehead atoms. The molecular weight excluding hydrogens is 546 g/mol. The second-order valence-corrected chi connectivity index (χ2v) is 15.7. The van der Waals surface area contributed by atoms with Gasteiger partial charge < -0.3 is 19.8 Å². The first-order chi connectivity index (χ1) is 19.8. The van der Waals surface area contributed by atoms with Gasteiger partial charge in [-0.2, -0.15) is 0 Å². The number of likely N-dealkylation sites (tertiary alicyclic amines) is 1. The molecule has 3 heterocycles. The van der Waals surface area contributed by atoms with Gasteiger partial charge in [-0.15, -0.1) is 24.9 Å². The summed E-state index contributed by atoms with van der Waals surface area (Å²) in [5.41, 5.74) is 0.511. The Bertz CT molecular complexity index is 1200. The van der Waals surface area contributed by atoms with E-state index < -0.39 is 39.0 Å². The summed E-state index contributed by atoms with van der Waals surface area (Å²) in [4.78, 5) is 49.3. The van der Waals surface area contributed by atoms with Gasteiger partial charge in [0.15, 0.2) is 0 Å². The molecule has 6 atom stereocenters. The van der Waals surface area contributed by atoms with Gasteiger partial charge in [0.1, 0.15) is 6.04 Å². The first-order valence-electron chi connectivity index (χ1n) is 15.2. The van der Waals surface area contributed by atoms with Gasteiger partial charge >= 0.3 is 0 Å². The minimum atomic E-state index is -0.767. The summed E-state index contributed by atoms with van der Waals surface area (Å²) in [5.74, 6) is -1.37. The van der Waals surface area contributed by atoms with Crippen molar-refractivity contribution in [1.29, 1.82) is 0 Å². The average Bonchev–Trinajstić information content (AvgIpc) is 3.50. The van der Waals surface area contributed by atoms with E-state index in [2.05, 4.69) is 33.9 Å². The van der Waals surface area contributed by atoms with E-state index in [1.807, 2.05) is 51.1 Å². The third-order valence-electron chi connectivity index (χ3n) is 9.33. The number of thioether (sulfide) groups is 1. The number of benzene rings is 1. The Kier molecular flexibility index (Phi) is 9.39. The number of hydrogen-bond acceptors (Lipinski definition) is 5. The van der Waals surface area contributed by atoms with Crippen molar-refractivity contribution in [2.45, 2.75) is 94.5 Å². The number of nitrogens with zero attached hydrogens (tertiary/aromatic N) is 3. The standard InChI is InChI=1S/C34H49N3O4S/c1-9-18-35(21-24-14-12-11-13-15-24)29(39)26-27-30(40)37(25(22-38)20-23(3)4)28(34(27)17-16-33(26,8)42-34)31(41)36(19-10-2)32(5,6)7/h9-15,23,25-28,38H,1-2,16-22H2,3-8H3/t25-,26+,27+,28?,33-,34?/m1/s1. The summed E-state index contributed by atoms with van der Waals surface area (Å²) in [6.45, 7) is 20.9. The highest BCUT2D eigenvalue weighted by molar-refractivity contribution is 8.02. The summed E-state index contributed by atoms with van der Waals surface area (Å²) in [7, 11) is 0. The number of carbonyl (C=O) groups is 3. The quantitative estimate of drug-likeness (QED) is 0.348. The predicted molar refractivity (Wildman–Crippen MR) is 170 cm³/mol. The third-order valence-corrected chi connectivity index (χ3v) is 11.3. The number of aliphatic hydroxyl groups excluding tert-OH is 1.